The van der Waals surface area contributed by atoms with Crippen LogP contribution in [0.25, 0.3) is 0 Å². The Hall–Kier alpha value is -1.99. The van der Waals surface area contributed by atoms with Gasteiger partial charge in [-0.3, -0.25) is 14.4 Å². The minimum Gasteiger partial charge on any atom is -0.461 e. The average molecular weight is 451 g/mol. The van der Waals surface area contributed by atoms with Gasteiger partial charge in [0.05, 0.1) is 6.10 Å². The number of rotatable bonds is 3. The van der Waals surface area contributed by atoms with Crippen molar-refractivity contribution in [3.63, 3.8) is 0 Å². The molecule has 2 aliphatic carbocycles. The van der Waals surface area contributed by atoms with Crippen molar-refractivity contribution in [1.29, 1.82) is 0 Å². The molecule has 0 radical (unpaired) electrons. The first kappa shape index (κ1) is 26.3. The summed E-state index contributed by atoms with van der Waals surface area (Å²) in [6.07, 6.45) is 2.96. The number of ether oxygens (including phenoxy) is 2. The molecule has 0 spiro atoms. The van der Waals surface area contributed by atoms with Crippen LogP contribution in [0.2, 0.25) is 0 Å². The second-order valence-electron chi connectivity index (χ2n) is 10.0. The Kier molecular flexibility index (Phi) is 8.10. The largest absolute Gasteiger partial charge is 0.461 e. The Labute approximate surface area is 190 Å². The van der Waals surface area contributed by atoms with Crippen LogP contribution in [0, 0.1) is 23.2 Å². The molecule has 7 unspecified atom stereocenters. The van der Waals surface area contributed by atoms with Gasteiger partial charge in [0.15, 0.2) is 0 Å². The molecule has 0 aromatic carbocycles. The summed E-state index contributed by atoms with van der Waals surface area (Å²) >= 11 is 0. The average Bonchev–Trinajstić information content (AvgIpc) is 2.93. The van der Waals surface area contributed by atoms with Gasteiger partial charge in [0.2, 0.25) is 0 Å². The zero-order valence-electron chi connectivity index (χ0n) is 20.3. The van der Waals surface area contributed by atoms with Gasteiger partial charge < -0.3 is 19.7 Å². The lowest BCUT2D eigenvalue weighted by atomic mass is 9.75. The van der Waals surface area contributed by atoms with Crippen LogP contribution in [0.15, 0.2) is 23.8 Å². The number of carbonyl (C=O) groups excluding carboxylic acids is 3. The van der Waals surface area contributed by atoms with Gasteiger partial charge in [-0.2, -0.15) is 0 Å². The number of fused-ring (bicyclic) bond motifs is 1. The Bertz CT molecular complexity index is 796. The molecule has 0 bridgehead atoms. The van der Waals surface area contributed by atoms with Crippen molar-refractivity contribution in [2.75, 3.05) is 0 Å². The quantitative estimate of drug-likeness (QED) is 0.502. The number of hydrogen-bond donors (Lipinski definition) is 2. The van der Waals surface area contributed by atoms with E-state index in [-0.39, 0.29) is 31.0 Å². The highest BCUT2D eigenvalue weighted by Gasteiger charge is 2.58. The van der Waals surface area contributed by atoms with Crippen LogP contribution in [0.3, 0.4) is 0 Å². The summed E-state index contributed by atoms with van der Waals surface area (Å²) in [4.78, 5) is 37.0. The highest BCUT2D eigenvalue weighted by Crippen LogP contribution is 2.48. The summed E-state index contributed by atoms with van der Waals surface area (Å²) in [5.41, 5.74) is -1.86. The van der Waals surface area contributed by atoms with E-state index in [1.165, 1.54) is 6.92 Å². The third-order valence-electron chi connectivity index (χ3n) is 6.84. The SMILES string of the molecule is CCC(=O)OC1C(C)CC2(O)C1C=C(C)C(O)CC(=O)C(C)(C)C=CC(C)C2OC(C)=O. The monoisotopic (exact) mass is 450 g/mol. The lowest BCUT2D eigenvalue weighted by Crippen LogP contribution is -2.52. The zero-order valence-corrected chi connectivity index (χ0v) is 20.3. The van der Waals surface area contributed by atoms with Gasteiger partial charge in [0.1, 0.15) is 23.6 Å². The third-order valence-corrected chi connectivity index (χ3v) is 6.84. The fourth-order valence-electron chi connectivity index (χ4n) is 4.80. The van der Waals surface area contributed by atoms with Gasteiger partial charge in [-0.15, -0.1) is 0 Å². The van der Waals surface area contributed by atoms with E-state index in [0.29, 0.717) is 5.57 Å². The summed E-state index contributed by atoms with van der Waals surface area (Å²) in [6, 6.07) is 0. The van der Waals surface area contributed by atoms with Crippen molar-refractivity contribution in [3.8, 4) is 0 Å². The van der Waals surface area contributed by atoms with Crippen LogP contribution in [0.5, 0.6) is 0 Å². The van der Waals surface area contributed by atoms with Gasteiger partial charge in [-0.1, -0.05) is 39.0 Å². The molecular formula is C25H38O7. The molecule has 32 heavy (non-hydrogen) atoms. The van der Waals surface area contributed by atoms with Crippen molar-refractivity contribution in [2.45, 2.75) is 91.6 Å². The number of Topliss-reactive ketones (excluding diaryl/α,β-unsaturated/α-hetero) is 1. The number of aliphatic hydroxyl groups is 2. The molecule has 2 rings (SSSR count). The van der Waals surface area contributed by atoms with Crippen LogP contribution in [-0.4, -0.2) is 51.8 Å². The molecule has 7 atom stereocenters. The molecule has 1 fully saturated rings. The molecule has 0 amide bonds. The number of allylic oxidation sites excluding steroid dienone is 1. The smallest absolute Gasteiger partial charge is 0.305 e. The molecule has 0 saturated heterocycles. The molecule has 1 saturated carbocycles. The summed E-state index contributed by atoms with van der Waals surface area (Å²) in [5, 5.41) is 22.7. The Morgan fingerprint density at radius 1 is 1.22 bits per heavy atom. The van der Waals surface area contributed by atoms with E-state index in [0.717, 1.165) is 0 Å². The van der Waals surface area contributed by atoms with Gasteiger partial charge in [-0.05, 0) is 38.7 Å². The van der Waals surface area contributed by atoms with Gasteiger partial charge in [0, 0.05) is 37.0 Å². The first-order chi connectivity index (χ1) is 14.7. The second-order valence-corrected chi connectivity index (χ2v) is 10.0. The molecule has 2 aliphatic rings. The van der Waals surface area contributed by atoms with Crippen molar-refractivity contribution in [2.24, 2.45) is 23.2 Å². The van der Waals surface area contributed by atoms with E-state index in [4.69, 9.17) is 9.47 Å². The maximum absolute atomic E-state index is 12.8. The highest BCUT2D eigenvalue weighted by molar-refractivity contribution is 5.86. The first-order valence-corrected chi connectivity index (χ1v) is 11.4. The molecule has 2 N–H and O–H groups in total. The maximum Gasteiger partial charge on any atom is 0.305 e. The van der Waals surface area contributed by atoms with E-state index in [9.17, 15) is 24.6 Å². The minimum absolute atomic E-state index is 0.0679. The summed E-state index contributed by atoms with van der Waals surface area (Å²) in [7, 11) is 0. The number of esters is 2. The molecule has 0 aromatic heterocycles. The van der Waals surface area contributed by atoms with E-state index in [1.54, 1.807) is 45.9 Å². The molecular weight excluding hydrogens is 412 g/mol. The van der Waals surface area contributed by atoms with Crippen LogP contribution in [-0.2, 0) is 23.9 Å². The maximum atomic E-state index is 12.8. The van der Waals surface area contributed by atoms with Gasteiger partial charge >= 0.3 is 11.9 Å². The fourth-order valence-corrected chi connectivity index (χ4v) is 4.80. The van der Waals surface area contributed by atoms with E-state index in [1.807, 2.05) is 13.8 Å². The summed E-state index contributed by atoms with van der Waals surface area (Å²) in [6.45, 7) is 11.9. The first-order valence-electron chi connectivity index (χ1n) is 11.4. The number of ketones is 1. The predicted octanol–water partition coefficient (Wildman–Crippen LogP) is 3.13. The topological polar surface area (TPSA) is 110 Å². The fraction of sp³-hybridized carbons (Fsp3) is 0.720. The van der Waals surface area contributed by atoms with Gasteiger partial charge in [0.25, 0.3) is 0 Å². The van der Waals surface area contributed by atoms with Crippen molar-refractivity contribution in [1.82, 2.24) is 0 Å². The number of carbonyl (C=O) groups is 3. The summed E-state index contributed by atoms with van der Waals surface area (Å²) in [5.74, 6) is -2.39. The normalized spacial score (nSPS) is 37.5. The number of aliphatic hydroxyl groups excluding tert-OH is 1. The standard InChI is InChI=1S/C25H38O7/c1-8-21(29)32-22-16(4)13-25(30)18(22)11-15(3)19(27)12-20(28)24(6,7)10-9-14(2)23(25)31-17(5)26/h9-11,14,16,18-19,22-23,27,30H,8,12-13H2,1-7H3. The third kappa shape index (κ3) is 5.49. The highest BCUT2D eigenvalue weighted by atomic mass is 16.6. The summed E-state index contributed by atoms with van der Waals surface area (Å²) < 4.78 is 11.4. The van der Waals surface area contributed by atoms with Crippen LogP contribution < -0.4 is 0 Å². The predicted molar refractivity (Wildman–Crippen MR) is 119 cm³/mol. The van der Waals surface area contributed by atoms with Crippen LogP contribution in [0.1, 0.15) is 67.7 Å². The minimum atomic E-state index is -1.53. The van der Waals surface area contributed by atoms with Crippen molar-refractivity contribution >= 4 is 17.7 Å². The van der Waals surface area contributed by atoms with Gasteiger partial charge in [-0.25, -0.2) is 0 Å². The Morgan fingerprint density at radius 3 is 2.41 bits per heavy atom. The molecule has 0 heterocycles. The van der Waals surface area contributed by atoms with Crippen molar-refractivity contribution < 1.29 is 34.1 Å². The molecule has 7 heteroatoms. The molecule has 0 aliphatic heterocycles. The van der Waals surface area contributed by atoms with E-state index >= 15 is 0 Å². The van der Waals surface area contributed by atoms with Crippen LogP contribution >= 0.6 is 0 Å². The Balaban J connectivity index is 2.67. The molecule has 180 valence electrons. The molecule has 0 aromatic rings. The van der Waals surface area contributed by atoms with E-state index in [2.05, 4.69) is 0 Å². The zero-order chi connectivity index (χ0) is 24.4. The lowest BCUT2D eigenvalue weighted by molar-refractivity contribution is -0.176. The number of hydrogen-bond acceptors (Lipinski definition) is 7. The van der Waals surface area contributed by atoms with Crippen LogP contribution in [0.4, 0.5) is 0 Å². The molecule has 7 nitrogen and oxygen atoms in total. The van der Waals surface area contributed by atoms with E-state index < -0.39 is 53.1 Å². The lowest BCUT2D eigenvalue weighted by Gasteiger charge is -2.40. The van der Waals surface area contributed by atoms with Crippen molar-refractivity contribution in [3.05, 3.63) is 23.8 Å². The second kappa shape index (κ2) is 9.87. The Morgan fingerprint density at radius 2 is 1.84 bits per heavy atom.